The SMILES string of the molecule is NC(=O)[n+]1ccccc1C(=O)O.NC(=O)[n+]1ccccc1C(=O)[O-].O=C(O)c1cc2ccccc2[nH]1.O=C([O-])c1cc2ccccc2[nH]1. The lowest BCUT2D eigenvalue weighted by atomic mass is 10.2. The molecule has 0 bridgehead atoms. The van der Waals surface area contributed by atoms with Crippen LogP contribution in [0.1, 0.15) is 42.0 Å². The van der Waals surface area contributed by atoms with Gasteiger partial charge in [0.05, 0.1) is 11.7 Å². The van der Waals surface area contributed by atoms with Gasteiger partial charge in [-0.05, 0) is 48.5 Å². The minimum atomic E-state index is -1.44. The normalized spacial score (nSPS) is 9.83. The Morgan fingerprint density at radius 2 is 0.958 bits per heavy atom. The average Bonchev–Trinajstić information content (AvgIpc) is 3.71. The van der Waals surface area contributed by atoms with Gasteiger partial charge in [-0.3, -0.25) is 11.5 Å². The molecule has 48 heavy (non-hydrogen) atoms. The molecule has 0 aliphatic carbocycles. The molecule has 4 heterocycles. The molecule has 0 aliphatic rings. The number of nitrogens with one attached hydrogen (secondary N) is 2. The van der Waals surface area contributed by atoms with E-state index in [-0.39, 0.29) is 22.8 Å². The van der Waals surface area contributed by atoms with Crippen LogP contribution in [0.2, 0.25) is 0 Å². The van der Waals surface area contributed by atoms with Crippen molar-refractivity contribution in [3.8, 4) is 0 Å². The first-order valence-electron chi connectivity index (χ1n) is 13.5. The molecule has 2 amide bonds. The Morgan fingerprint density at radius 1 is 0.542 bits per heavy atom. The molecule has 6 aromatic rings. The summed E-state index contributed by atoms with van der Waals surface area (Å²) in [5.41, 5.74) is 11.4. The summed E-state index contributed by atoms with van der Waals surface area (Å²) in [6.45, 7) is 0. The molecule has 0 atom stereocenters. The maximum atomic E-state index is 10.6. The number of H-pyrrole nitrogens is 2. The molecular weight excluding hydrogens is 628 g/mol. The Morgan fingerprint density at radius 3 is 1.33 bits per heavy atom. The van der Waals surface area contributed by atoms with Gasteiger partial charge in [-0.1, -0.05) is 48.5 Å². The van der Waals surface area contributed by atoms with Crippen LogP contribution in [0.4, 0.5) is 9.59 Å². The summed E-state index contributed by atoms with van der Waals surface area (Å²) in [6.07, 6.45) is 2.55. The van der Waals surface area contributed by atoms with Gasteiger partial charge in [-0.2, -0.15) is 18.7 Å². The zero-order chi connectivity index (χ0) is 35.4. The number of aromatic nitrogens is 4. The summed E-state index contributed by atoms with van der Waals surface area (Å²) in [4.78, 5) is 68.6. The summed E-state index contributed by atoms with van der Waals surface area (Å²) in [5.74, 6) is -4.72. The number of aromatic carboxylic acids is 4. The summed E-state index contributed by atoms with van der Waals surface area (Å²) >= 11 is 0. The van der Waals surface area contributed by atoms with Crippen molar-refractivity contribution in [3.05, 3.63) is 132 Å². The van der Waals surface area contributed by atoms with Crippen molar-refractivity contribution in [2.45, 2.75) is 0 Å². The Labute approximate surface area is 269 Å². The molecular formula is C32H26N6O10. The quantitative estimate of drug-likeness (QED) is 0.141. The van der Waals surface area contributed by atoms with E-state index < -0.39 is 35.9 Å². The summed E-state index contributed by atoms with van der Waals surface area (Å²) in [5, 5.41) is 39.9. The van der Waals surface area contributed by atoms with Crippen LogP contribution in [-0.4, -0.2) is 56.1 Å². The number of hydrogen-bond donors (Lipinski definition) is 6. The van der Waals surface area contributed by atoms with E-state index in [9.17, 15) is 39.0 Å². The van der Waals surface area contributed by atoms with E-state index in [1.54, 1.807) is 12.1 Å². The van der Waals surface area contributed by atoms with E-state index in [0.29, 0.717) is 0 Å². The minimum absolute atomic E-state index is 0.121. The van der Waals surface area contributed by atoms with Crippen molar-refractivity contribution in [2.75, 3.05) is 0 Å². The van der Waals surface area contributed by atoms with Gasteiger partial charge in [0.2, 0.25) is 5.69 Å². The number of primary amides is 2. The third-order valence-corrected chi connectivity index (χ3v) is 6.13. The Kier molecular flexibility index (Phi) is 11.8. The highest BCUT2D eigenvalue weighted by Crippen LogP contribution is 2.14. The maximum absolute atomic E-state index is 10.6. The first kappa shape index (κ1) is 35.1. The zero-order valence-corrected chi connectivity index (χ0v) is 24.6. The maximum Gasteiger partial charge on any atom is 0.494 e. The van der Waals surface area contributed by atoms with Gasteiger partial charge >= 0.3 is 24.0 Å². The van der Waals surface area contributed by atoms with Crippen LogP contribution < -0.4 is 30.8 Å². The first-order chi connectivity index (χ1) is 22.8. The molecule has 4 aromatic heterocycles. The molecule has 0 aliphatic heterocycles. The van der Waals surface area contributed by atoms with Gasteiger partial charge in [-0.25, -0.2) is 9.59 Å². The number of carbonyl (C=O) groups is 6. The lowest BCUT2D eigenvalue weighted by molar-refractivity contribution is -0.576. The Balaban J connectivity index is 0.000000174. The van der Waals surface area contributed by atoms with Crippen molar-refractivity contribution in [3.63, 3.8) is 0 Å². The molecule has 0 unspecified atom stereocenters. The number of fused-ring (bicyclic) bond motifs is 2. The van der Waals surface area contributed by atoms with Gasteiger partial charge in [0.1, 0.15) is 24.1 Å². The van der Waals surface area contributed by atoms with Crippen LogP contribution in [0, 0.1) is 0 Å². The van der Waals surface area contributed by atoms with E-state index in [1.807, 2.05) is 48.5 Å². The minimum Gasteiger partial charge on any atom is -0.543 e. The molecule has 0 spiro atoms. The van der Waals surface area contributed by atoms with Crippen molar-refractivity contribution in [1.82, 2.24) is 9.97 Å². The predicted octanol–water partition coefficient (Wildman–Crippen LogP) is 0.261. The van der Waals surface area contributed by atoms with Gasteiger partial charge in [0.15, 0.2) is 5.69 Å². The van der Waals surface area contributed by atoms with E-state index in [0.717, 1.165) is 30.9 Å². The van der Waals surface area contributed by atoms with Gasteiger partial charge in [-0.15, -0.1) is 0 Å². The number of nitrogens with zero attached hydrogens (tertiary/aromatic N) is 2. The molecule has 16 nitrogen and oxygen atoms in total. The smallest absolute Gasteiger partial charge is 0.494 e. The van der Waals surface area contributed by atoms with E-state index in [4.69, 9.17) is 21.7 Å². The van der Waals surface area contributed by atoms with Crippen molar-refractivity contribution < 1.29 is 58.3 Å². The van der Waals surface area contributed by atoms with Gasteiger partial charge in [0, 0.05) is 21.8 Å². The standard InChI is InChI=1S/2C9H7NO2.2C7H6N2O3/c2*11-9(12)8-5-6-3-1-2-4-7(6)10-8;2*8-7(12)9-4-2-1-3-5(9)6(10)11/h2*1-5,10H,(H,11,12);2*1-4H,(H2-,8,10,11,12). The second-order valence-electron chi connectivity index (χ2n) is 9.31. The second kappa shape index (κ2) is 16.1. The Hall–Kier alpha value is -7.36. The number of nitrogens with two attached hydrogens (primary N) is 2. The largest absolute Gasteiger partial charge is 0.543 e. The number of carboxylic acids is 4. The highest BCUT2D eigenvalue weighted by atomic mass is 16.4. The third kappa shape index (κ3) is 9.32. The Bertz CT molecular complexity index is 1850. The number of pyridine rings is 2. The van der Waals surface area contributed by atoms with Crippen LogP contribution in [0.15, 0.2) is 109 Å². The number of amides is 2. The van der Waals surface area contributed by atoms with Crippen LogP contribution in [0.3, 0.4) is 0 Å². The van der Waals surface area contributed by atoms with Gasteiger partial charge < -0.3 is 40.0 Å². The summed E-state index contributed by atoms with van der Waals surface area (Å²) < 4.78 is 1.66. The number of aromatic amines is 2. The molecule has 8 N–H and O–H groups in total. The van der Waals surface area contributed by atoms with Crippen molar-refractivity contribution >= 4 is 57.7 Å². The van der Waals surface area contributed by atoms with Crippen molar-refractivity contribution in [1.29, 1.82) is 0 Å². The fourth-order valence-electron chi connectivity index (χ4n) is 3.98. The van der Waals surface area contributed by atoms with E-state index >= 15 is 0 Å². The lowest BCUT2D eigenvalue weighted by Gasteiger charge is -2.02. The summed E-state index contributed by atoms with van der Waals surface area (Å²) in [6, 6.07) is 24.9. The fourth-order valence-corrected chi connectivity index (χ4v) is 3.98. The number of benzene rings is 2. The average molecular weight is 655 g/mol. The molecule has 0 saturated carbocycles. The number of para-hydroxylation sites is 2. The fraction of sp³-hybridized carbons (Fsp3) is 0. The molecule has 16 heteroatoms. The van der Waals surface area contributed by atoms with Crippen LogP contribution >= 0.6 is 0 Å². The topological polar surface area (TPSA) is 280 Å². The van der Waals surface area contributed by atoms with Crippen molar-refractivity contribution in [2.24, 2.45) is 11.5 Å². The second-order valence-corrected chi connectivity index (χ2v) is 9.31. The molecule has 0 fully saturated rings. The third-order valence-electron chi connectivity index (χ3n) is 6.13. The zero-order valence-electron chi connectivity index (χ0n) is 24.6. The van der Waals surface area contributed by atoms with E-state index in [1.165, 1.54) is 48.8 Å². The highest BCUT2D eigenvalue weighted by molar-refractivity contribution is 5.94. The number of carboxylic acid groups (broad SMARTS) is 4. The monoisotopic (exact) mass is 654 g/mol. The molecule has 6 rings (SSSR count). The number of rotatable bonds is 4. The molecule has 0 radical (unpaired) electrons. The lowest BCUT2D eigenvalue weighted by Crippen LogP contribution is -2.53. The highest BCUT2D eigenvalue weighted by Gasteiger charge is 2.17. The molecule has 0 saturated heterocycles. The van der Waals surface area contributed by atoms with Gasteiger partial charge in [0.25, 0.3) is 0 Å². The first-order valence-corrected chi connectivity index (χ1v) is 13.5. The summed E-state index contributed by atoms with van der Waals surface area (Å²) in [7, 11) is 0. The number of hydrogen-bond acceptors (Lipinski definition) is 8. The van der Waals surface area contributed by atoms with E-state index in [2.05, 4.69) is 9.97 Å². The van der Waals surface area contributed by atoms with Crippen LogP contribution in [0.5, 0.6) is 0 Å². The van der Waals surface area contributed by atoms with Crippen LogP contribution in [0.25, 0.3) is 21.8 Å². The van der Waals surface area contributed by atoms with Crippen LogP contribution in [-0.2, 0) is 0 Å². The predicted molar refractivity (Wildman–Crippen MR) is 162 cm³/mol. The molecule has 244 valence electrons. The number of carbonyl (C=O) groups excluding carboxylic acids is 4. The molecule has 2 aromatic carbocycles.